The summed E-state index contributed by atoms with van der Waals surface area (Å²) in [6.45, 7) is 3.06. The Morgan fingerprint density at radius 3 is 1.10 bits per heavy atom. The number of nitrogens with one attached hydrogen (secondary N) is 4. The maximum Gasteiger partial charge on any atom is 0.221 e. The summed E-state index contributed by atoms with van der Waals surface area (Å²) in [5.41, 5.74) is -0.934. The number of amides is 4. The Morgan fingerprint density at radius 1 is 0.500 bits per heavy atom. The van der Waals surface area contributed by atoms with Crippen molar-refractivity contribution in [2.24, 2.45) is 0 Å². The van der Waals surface area contributed by atoms with Gasteiger partial charge in [-0.3, -0.25) is 19.2 Å². The molecule has 0 atom stereocenters. The second-order valence-electron chi connectivity index (χ2n) is 8.85. The van der Waals surface area contributed by atoms with Crippen LogP contribution in [0, 0.1) is 0 Å². The molecule has 0 heterocycles. The van der Waals surface area contributed by atoms with Gasteiger partial charge in [-0.15, -0.1) is 0 Å². The van der Waals surface area contributed by atoms with Crippen LogP contribution in [0.2, 0.25) is 0 Å². The van der Waals surface area contributed by atoms with Gasteiger partial charge >= 0.3 is 0 Å². The van der Waals surface area contributed by atoms with Gasteiger partial charge in [-0.05, 0) is 19.3 Å². The smallest absolute Gasteiger partial charge is 0.221 e. The van der Waals surface area contributed by atoms with Crippen molar-refractivity contribution in [1.82, 2.24) is 21.3 Å². The molecule has 0 unspecified atom stereocenters. The zero-order valence-corrected chi connectivity index (χ0v) is 29.4. The lowest BCUT2D eigenvalue weighted by atomic mass is 10.0. The fraction of sp³-hybridized carbons (Fsp3) is 0.840. The highest BCUT2D eigenvalue weighted by molar-refractivity contribution is 9.09. The van der Waals surface area contributed by atoms with Crippen molar-refractivity contribution in [3.05, 3.63) is 0 Å². The first kappa shape index (κ1) is 39.7. The fourth-order valence-electron chi connectivity index (χ4n) is 3.21. The molecule has 15 heteroatoms. The van der Waals surface area contributed by atoms with Gasteiger partial charge in [0.2, 0.25) is 23.6 Å². The molecule has 0 saturated heterocycles. The number of carbonyl (C=O) groups is 4. The molecule has 0 radical (unpaired) electrons. The summed E-state index contributed by atoms with van der Waals surface area (Å²) >= 11 is 13.0. The van der Waals surface area contributed by atoms with Gasteiger partial charge in [0.05, 0.1) is 19.8 Å². The average molecular weight is 832 g/mol. The normalized spacial score (nSPS) is 11.2. The number of hydrogen-bond donors (Lipinski definition) is 4. The van der Waals surface area contributed by atoms with E-state index in [2.05, 4.69) is 85.0 Å². The van der Waals surface area contributed by atoms with Crippen LogP contribution >= 0.6 is 63.7 Å². The minimum absolute atomic E-state index is 0.0261. The Labute approximate surface area is 271 Å². The molecule has 0 rings (SSSR count). The van der Waals surface area contributed by atoms with E-state index in [0.717, 1.165) is 0 Å². The van der Waals surface area contributed by atoms with Crippen molar-refractivity contribution in [2.75, 3.05) is 80.6 Å². The predicted octanol–water partition coefficient (Wildman–Crippen LogP) is 2.55. The molecule has 4 amide bonds. The highest BCUT2D eigenvalue weighted by atomic mass is 79.9. The number of rotatable bonds is 27. The molecular weight excluding hydrogens is 788 g/mol. The first-order valence-electron chi connectivity index (χ1n) is 13.4. The first-order valence-corrected chi connectivity index (χ1v) is 17.9. The van der Waals surface area contributed by atoms with E-state index in [9.17, 15) is 19.2 Å². The SMILES string of the molecule is O=C(CCBr)NCCCOCC(COCCCNC(=O)CCBr)(COCCCNC(=O)CCBr)NC(=O)CCBr. The molecule has 0 aliphatic heterocycles. The van der Waals surface area contributed by atoms with Gasteiger partial charge in [-0.25, -0.2) is 0 Å². The third kappa shape index (κ3) is 23.3. The van der Waals surface area contributed by atoms with E-state index in [1.807, 2.05) is 0 Å². The monoisotopic (exact) mass is 828 g/mol. The summed E-state index contributed by atoms with van der Waals surface area (Å²) in [7, 11) is 0. The molecule has 0 spiro atoms. The molecule has 234 valence electrons. The lowest BCUT2D eigenvalue weighted by molar-refractivity contribution is -0.127. The molecule has 4 N–H and O–H groups in total. The first-order chi connectivity index (χ1) is 19.3. The lowest BCUT2D eigenvalue weighted by Gasteiger charge is -2.34. The summed E-state index contributed by atoms with van der Waals surface area (Å²) in [6.07, 6.45) is 3.37. The van der Waals surface area contributed by atoms with Gasteiger partial charge in [0.25, 0.3) is 0 Å². The highest BCUT2D eigenvalue weighted by Gasteiger charge is 2.33. The molecule has 40 heavy (non-hydrogen) atoms. The van der Waals surface area contributed by atoms with Crippen molar-refractivity contribution in [1.29, 1.82) is 0 Å². The molecule has 11 nitrogen and oxygen atoms in total. The Hall–Kier alpha value is -0.320. The van der Waals surface area contributed by atoms with Crippen molar-refractivity contribution in [2.45, 2.75) is 50.5 Å². The van der Waals surface area contributed by atoms with E-state index in [4.69, 9.17) is 14.2 Å². The van der Waals surface area contributed by atoms with Crippen molar-refractivity contribution in [3.63, 3.8) is 0 Å². The van der Waals surface area contributed by atoms with Gasteiger partial charge in [0.1, 0.15) is 5.54 Å². The van der Waals surface area contributed by atoms with Crippen molar-refractivity contribution >= 4 is 87.3 Å². The van der Waals surface area contributed by atoms with E-state index in [1.54, 1.807) is 0 Å². The number of carbonyl (C=O) groups excluding carboxylic acids is 4. The summed E-state index contributed by atoms with van der Waals surface area (Å²) in [6, 6.07) is 0. The second kappa shape index (κ2) is 27.5. The average Bonchev–Trinajstić information content (AvgIpc) is 2.90. The van der Waals surface area contributed by atoms with Gasteiger partial charge < -0.3 is 35.5 Å². The lowest BCUT2D eigenvalue weighted by Crippen LogP contribution is -2.58. The molecule has 0 aliphatic rings. The molecule has 0 aliphatic carbocycles. The standard InChI is InChI=1S/C25H44Br4N4O7/c26-8-4-21(34)30-12-1-15-38-18-25(33-24(37)7-11-29,19-39-16-2-13-31-22(35)5-9-27)20-40-17-3-14-32-23(36)6-10-28/h1-20H2,(H,30,34)(H,31,35)(H,32,36)(H,33,37). The predicted molar refractivity (Wildman–Crippen MR) is 170 cm³/mol. The Morgan fingerprint density at radius 2 is 0.800 bits per heavy atom. The molecule has 0 fully saturated rings. The Kier molecular flexibility index (Phi) is 27.3. The molecule has 0 aromatic carbocycles. The highest BCUT2D eigenvalue weighted by Crippen LogP contribution is 2.11. The van der Waals surface area contributed by atoms with Gasteiger partial charge in [0.15, 0.2) is 0 Å². The van der Waals surface area contributed by atoms with Crippen LogP contribution in [0.3, 0.4) is 0 Å². The summed E-state index contributed by atoms with van der Waals surface area (Å²) in [4.78, 5) is 47.5. The van der Waals surface area contributed by atoms with Crippen molar-refractivity contribution < 1.29 is 33.4 Å². The van der Waals surface area contributed by atoms with Gasteiger partial charge in [0, 0.05) is 86.5 Å². The Balaban J connectivity index is 4.99. The third-order valence-corrected chi connectivity index (χ3v) is 6.77. The van der Waals surface area contributed by atoms with Crippen LogP contribution in [0.1, 0.15) is 44.9 Å². The van der Waals surface area contributed by atoms with Crippen LogP contribution in [-0.2, 0) is 33.4 Å². The largest absolute Gasteiger partial charge is 0.379 e. The molecule has 0 aromatic rings. The van der Waals surface area contributed by atoms with Crippen LogP contribution < -0.4 is 21.3 Å². The van der Waals surface area contributed by atoms with Crippen LogP contribution in [0.4, 0.5) is 0 Å². The minimum Gasteiger partial charge on any atom is -0.379 e. The van der Waals surface area contributed by atoms with Crippen molar-refractivity contribution in [3.8, 4) is 0 Å². The molecule has 0 saturated carbocycles. The third-order valence-electron chi connectivity index (χ3n) is 5.19. The summed E-state index contributed by atoms with van der Waals surface area (Å²) in [5, 5.41) is 13.9. The van der Waals surface area contributed by atoms with E-state index in [-0.39, 0.29) is 49.9 Å². The maximum absolute atomic E-state index is 12.6. The van der Waals surface area contributed by atoms with Crippen LogP contribution in [0.15, 0.2) is 0 Å². The zero-order chi connectivity index (χ0) is 29.9. The molecule has 0 bridgehead atoms. The fourth-order valence-corrected chi connectivity index (χ4v) is 4.65. The number of alkyl halides is 4. The van der Waals surface area contributed by atoms with Crippen LogP contribution in [0.5, 0.6) is 0 Å². The molecular formula is C25H44Br4N4O7. The van der Waals surface area contributed by atoms with E-state index in [0.29, 0.717) is 99.3 Å². The number of hydrogen-bond acceptors (Lipinski definition) is 7. The van der Waals surface area contributed by atoms with Gasteiger partial charge in [-0.2, -0.15) is 0 Å². The topological polar surface area (TPSA) is 144 Å². The van der Waals surface area contributed by atoms with Crippen LogP contribution in [0.25, 0.3) is 0 Å². The molecule has 0 aromatic heterocycles. The summed E-state index contributed by atoms with van der Waals surface area (Å²) < 4.78 is 17.8. The van der Waals surface area contributed by atoms with E-state index >= 15 is 0 Å². The Bertz CT molecular complexity index is 634. The second-order valence-corrected chi connectivity index (χ2v) is 12.0. The number of ether oxygens (including phenoxy) is 3. The van der Waals surface area contributed by atoms with E-state index in [1.165, 1.54) is 0 Å². The minimum atomic E-state index is -0.934. The van der Waals surface area contributed by atoms with Gasteiger partial charge in [-0.1, -0.05) is 63.7 Å². The number of halogens is 4. The maximum atomic E-state index is 12.6. The summed E-state index contributed by atoms with van der Waals surface area (Å²) in [5.74, 6) is -0.246. The van der Waals surface area contributed by atoms with E-state index < -0.39 is 5.54 Å². The van der Waals surface area contributed by atoms with Crippen LogP contribution in [-0.4, -0.2) is 110 Å². The zero-order valence-electron chi connectivity index (χ0n) is 23.0. The quantitative estimate of drug-likeness (QED) is 0.0737.